The lowest BCUT2D eigenvalue weighted by molar-refractivity contribution is -0.143. The van der Waals surface area contributed by atoms with Crippen molar-refractivity contribution in [2.45, 2.75) is 238 Å². The number of esters is 1. The second kappa shape index (κ2) is 41.1. The molecule has 1 amide bonds. The molecule has 0 saturated carbocycles. The van der Waals surface area contributed by atoms with Crippen LogP contribution in [0.2, 0.25) is 0 Å². The van der Waals surface area contributed by atoms with Crippen molar-refractivity contribution in [1.82, 2.24) is 5.32 Å². The van der Waals surface area contributed by atoms with E-state index in [2.05, 4.69) is 31.3 Å². The number of unbranched alkanes of at least 4 members (excludes halogenated alkanes) is 27. The van der Waals surface area contributed by atoms with Crippen LogP contribution in [-0.4, -0.2) is 47.4 Å². The largest absolute Gasteiger partial charge is 0.466 e. The van der Waals surface area contributed by atoms with E-state index >= 15 is 0 Å². The van der Waals surface area contributed by atoms with Gasteiger partial charge >= 0.3 is 5.97 Å². The van der Waals surface area contributed by atoms with E-state index < -0.39 is 12.1 Å². The van der Waals surface area contributed by atoms with Crippen LogP contribution < -0.4 is 5.32 Å². The molecule has 0 rings (SSSR count). The van der Waals surface area contributed by atoms with Gasteiger partial charge in [0.15, 0.2) is 0 Å². The van der Waals surface area contributed by atoms with Gasteiger partial charge in [0.25, 0.3) is 0 Å². The molecule has 6 heteroatoms. The fourth-order valence-corrected chi connectivity index (χ4v) is 6.51. The molecule has 0 aromatic heterocycles. The minimum Gasteiger partial charge on any atom is -0.466 e. The summed E-state index contributed by atoms with van der Waals surface area (Å²) in [6, 6.07) is -0.642. The SMILES string of the molecule is CCCCCC/C=C\CCCCCCCC(=O)OCCCCCCCCCCCCC(=O)NC(CO)C(O)/C=C/CCCCCCCCCCC. The molecule has 300 valence electrons. The van der Waals surface area contributed by atoms with E-state index in [1.54, 1.807) is 6.08 Å². The standard InChI is InChI=1S/C45H85NO5/c1-3-5-7-9-11-13-15-16-18-23-27-31-35-39-45(50)51-40-36-32-28-24-20-19-22-26-30-34-38-44(49)46-42(41-47)43(48)37-33-29-25-21-17-14-12-10-8-6-4-2/h13,15,33,37,42-43,47-48H,3-12,14,16-32,34-36,38-41H2,1-2H3,(H,46,49)/b15-13-,37-33+. The highest BCUT2D eigenvalue weighted by Gasteiger charge is 2.18. The number of carbonyl (C=O) groups excluding carboxylic acids is 2. The summed E-state index contributed by atoms with van der Waals surface area (Å²) in [6.45, 7) is 4.80. The molecule has 51 heavy (non-hydrogen) atoms. The smallest absolute Gasteiger partial charge is 0.305 e. The van der Waals surface area contributed by atoms with Crippen LogP contribution in [0.5, 0.6) is 0 Å². The summed E-state index contributed by atoms with van der Waals surface area (Å²) in [4.78, 5) is 24.3. The first-order valence-corrected chi connectivity index (χ1v) is 22.1. The molecule has 0 aromatic carbocycles. The Hall–Kier alpha value is -1.66. The molecule has 2 unspecified atom stereocenters. The minimum atomic E-state index is -0.857. The molecule has 0 aliphatic rings. The summed E-state index contributed by atoms with van der Waals surface area (Å²) in [6.07, 6.45) is 45.8. The highest BCUT2D eigenvalue weighted by molar-refractivity contribution is 5.76. The van der Waals surface area contributed by atoms with Crippen molar-refractivity contribution < 1.29 is 24.5 Å². The monoisotopic (exact) mass is 720 g/mol. The van der Waals surface area contributed by atoms with Gasteiger partial charge in [0.2, 0.25) is 5.91 Å². The fourth-order valence-electron chi connectivity index (χ4n) is 6.51. The number of allylic oxidation sites excluding steroid dienone is 3. The van der Waals surface area contributed by atoms with Gasteiger partial charge in [-0.25, -0.2) is 0 Å². The molecule has 0 radical (unpaired) electrons. The van der Waals surface area contributed by atoms with E-state index in [0.717, 1.165) is 57.8 Å². The van der Waals surface area contributed by atoms with Crippen molar-refractivity contribution in [2.24, 2.45) is 0 Å². The Kier molecular flexibility index (Phi) is 39.8. The van der Waals surface area contributed by atoms with Crippen LogP contribution in [0.3, 0.4) is 0 Å². The van der Waals surface area contributed by atoms with Crippen molar-refractivity contribution in [3.63, 3.8) is 0 Å². The molecule has 6 nitrogen and oxygen atoms in total. The van der Waals surface area contributed by atoms with Crippen molar-refractivity contribution in [1.29, 1.82) is 0 Å². The van der Waals surface area contributed by atoms with Crippen molar-refractivity contribution in [2.75, 3.05) is 13.2 Å². The summed E-state index contributed by atoms with van der Waals surface area (Å²) in [5, 5.41) is 22.9. The molecule has 0 fully saturated rings. The summed E-state index contributed by atoms with van der Waals surface area (Å²) in [5.74, 6) is -0.125. The van der Waals surface area contributed by atoms with Crippen molar-refractivity contribution >= 4 is 11.9 Å². The highest BCUT2D eigenvalue weighted by atomic mass is 16.5. The summed E-state index contributed by atoms with van der Waals surface area (Å²) < 4.78 is 5.43. The molecule has 2 atom stereocenters. The molecule has 0 aromatic rings. The number of rotatable bonds is 40. The number of hydrogen-bond acceptors (Lipinski definition) is 5. The molecular formula is C45H85NO5. The van der Waals surface area contributed by atoms with Gasteiger partial charge in [-0.2, -0.15) is 0 Å². The summed E-state index contributed by atoms with van der Waals surface area (Å²) in [7, 11) is 0. The maximum Gasteiger partial charge on any atom is 0.305 e. The molecular weight excluding hydrogens is 634 g/mol. The van der Waals surface area contributed by atoms with Gasteiger partial charge in [-0.1, -0.05) is 179 Å². The third kappa shape index (κ3) is 37.9. The predicted octanol–water partition coefficient (Wildman–Crippen LogP) is 12.4. The van der Waals surface area contributed by atoms with Crippen LogP contribution in [-0.2, 0) is 14.3 Å². The zero-order valence-corrected chi connectivity index (χ0v) is 33.8. The quantitative estimate of drug-likeness (QED) is 0.0333. The summed E-state index contributed by atoms with van der Waals surface area (Å²) >= 11 is 0. The maximum atomic E-state index is 12.3. The van der Waals surface area contributed by atoms with Crippen LogP contribution in [0.15, 0.2) is 24.3 Å². The minimum absolute atomic E-state index is 0.0312. The first-order chi connectivity index (χ1) is 25.0. The van der Waals surface area contributed by atoms with Crippen molar-refractivity contribution in [3.05, 3.63) is 24.3 Å². The van der Waals surface area contributed by atoms with E-state index in [1.807, 2.05) is 6.08 Å². The third-order valence-electron chi connectivity index (χ3n) is 9.97. The Balaban J connectivity index is 3.53. The molecule has 0 heterocycles. The molecule has 0 bridgehead atoms. The lowest BCUT2D eigenvalue weighted by Gasteiger charge is -2.20. The number of ether oxygens (including phenoxy) is 1. The number of amides is 1. The Morgan fingerprint density at radius 1 is 0.529 bits per heavy atom. The van der Waals surface area contributed by atoms with Crippen LogP contribution in [0.4, 0.5) is 0 Å². The third-order valence-corrected chi connectivity index (χ3v) is 9.97. The van der Waals surface area contributed by atoms with Gasteiger partial charge in [-0.15, -0.1) is 0 Å². The van der Waals surface area contributed by atoms with Gasteiger partial charge in [0.1, 0.15) is 0 Å². The average Bonchev–Trinajstić information content (AvgIpc) is 3.13. The first-order valence-electron chi connectivity index (χ1n) is 22.1. The van der Waals surface area contributed by atoms with Gasteiger partial charge in [0.05, 0.1) is 25.4 Å². The molecule has 0 spiro atoms. The summed E-state index contributed by atoms with van der Waals surface area (Å²) in [5.41, 5.74) is 0. The van der Waals surface area contributed by atoms with Gasteiger partial charge < -0.3 is 20.3 Å². The lowest BCUT2D eigenvalue weighted by atomic mass is 10.0. The van der Waals surface area contributed by atoms with Crippen LogP contribution >= 0.6 is 0 Å². The molecule has 0 aliphatic heterocycles. The lowest BCUT2D eigenvalue weighted by Crippen LogP contribution is -2.45. The fraction of sp³-hybridized carbons (Fsp3) is 0.867. The van der Waals surface area contributed by atoms with E-state index in [9.17, 15) is 19.8 Å². The average molecular weight is 720 g/mol. The molecule has 0 saturated heterocycles. The van der Waals surface area contributed by atoms with Crippen LogP contribution in [0.1, 0.15) is 226 Å². The Labute approximate surface area is 316 Å². The van der Waals surface area contributed by atoms with Gasteiger partial charge in [-0.3, -0.25) is 9.59 Å². The van der Waals surface area contributed by atoms with Crippen LogP contribution in [0.25, 0.3) is 0 Å². The van der Waals surface area contributed by atoms with Crippen molar-refractivity contribution in [3.8, 4) is 0 Å². The highest BCUT2D eigenvalue weighted by Crippen LogP contribution is 2.14. The maximum absolute atomic E-state index is 12.3. The molecule has 3 N–H and O–H groups in total. The number of carbonyl (C=O) groups is 2. The second-order valence-corrected chi connectivity index (χ2v) is 15.0. The number of nitrogens with one attached hydrogen (secondary N) is 1. The van der Waals surface area contributed by atoms with E-state index in [-0.39, 0.29) is 18.5 Å². The number of aliphatic hydroxyl groups excluding tert-OH is 2. The predicted molar refractivity (Wildman–Crippen MR) is 218 cm³/mol. The topological polar surface area (TPSA) is 95.9 Å². The molecule has 0 aliphatic carbocycles. The number of aliphatic hydroxyl groups is 2. The normalized spacial score (nSPS) is 12.9. The second-order valence-electron chi connectivity index (χ2n) is 15.0. The van der Waals surface area contributed by atoms with E-state index in [4.69, 9.17) is 4.74 Å². The Morgan fingerprint density at radius 2 is 0.922 bits per heavy atom. The Morgan fingerprint density at radius 3 is 1.41 bits per heavy atom. The first kappa shape index (κ1) is 49.3. The Bertz CT molecular complexity index is 797. The van der Waals surface area contributed by atoms with Crippen LogP contribution in [0, 0.1) is 0 Å². The van der Waals surface area contributed by atoms with E-state index in [0.29, 0.717) is 19.4 Å². The van der Waals surface area contributed by atoms with Gasteiger partial charge in [0, 0.05) is 12.8 Å². The number of hydrogen-bond donors (Lipinski definition) is 3. The zero-order chi connectivity index (χ0) is 37.3. The zero-order valence-electron chi connectivity index (χ0n) is 33.8. The van der Waals surface area contributed by atoms with Gasteiger partial charge in [-0.05, 0) is 57.8 Å². The van der Waals surface area contributed by atoms with E-state index in [1.165, 1.54) is 141 Å².